The lowest BCUT2D eigenvalue weighted by atomic mass is 9.88. The van der Waals surface area contributed by atoms with Crippen LogP contribution in [0.4, 0.5) is 37.3 Å². The van der Waals surface area contributed by atoms with Crippen LogP contribution in [-0.2, 0) is 4.79 Å². The molecular formula is C28H32ClF2N7O. The lowest BCUT2D eigenvalue weighted by molar-refractivity contribution is -0.120. The molecule has 11 heteroatoms. The molecule has 1 aliphatic heterocycles. The Kier molecular flexibility index (Phi) is 8.13. The third kappa shape index (κ3) is 5.91. The minimum Gasteiger partial charge on any atom is -0.393 e. The van der Waals surface area contributed by atoms with Crippen LogP contribution in [0.1, 0.15) is 32.1 Å². The van der Waals surface area contributed by atoms with E-state index in [1.165, 1.54) is 12.4 Å². The second-order valence-corrected chi connectivity index (χ2v) is 10.5. The van der Waals surface area contributed by atoms with Gasteiger partial charge in [0.2, 0.25) is 5.91 Å². The number of carbonyl (C=O) groups is 1. The number of carbonyl (C=O) groups excluding carboxylic acids is 1. The minimum atomic E-state index is -0.781. The summed E-state index contributed by atoms with van der Waals surface area (Å²) in [6, 6.07) is 7.88. The number of rotatable bonds is 6. The summed E-state index contributed by atoms with van der Waals surface area (Å²) < 4.78 is 31.9. The lowest BCUT2D eigenvalue weighted by Gasteiger charge is -2.35. The van der Waals surface area contributed by atoms with Gasteiger partial charge in [-0.3, -0.25) is 4.79 Å². The Labute approximate surface area is 231 Å². The van der Waals surface area contributed by atoms with Gasteiger partial charge in [0.25, 0.3) is 0 Å². The van der Waals surface area contributed by atoms with Crippen molar-refractivity contribution < 1.29 is 13.6 Å². The first kappa shape index (κ1) is 27.1. The summed E-state index contributed by atoms with van der Waals surface area (Å²) in [5.41, 5.74) is 7.25. The third-order valence-electron chi connectivity index (χ3n) is 7.54. The maximum atomic E-state index is 16.3. The van der Waals surface area contributed by atoms with Crippen LogP contribution < -0.4 is 21.3 Å². The van der Waals surface area contributed by atoms with Crippen LogP contribution in [0.5, 0.6) is 0 Å². The fraction of sp³-hybridized carbons (Fsp3) is 0.393. The number of likely N-dealkylation sites (N-methyl/N-ethyl adjacent to an activating group) is 1. The molecule has 2 aliphatic rings. The molecule has 39 heavy (non-hydrogen) atoms. The molecule has 4 N–H and O–H groups in total. The summed E-state index contributed by atoms with van der Waals surface area (Å²) in [4.78, 5) is 24.7. The van der Waals surface area contributed by atoms with Crippen molar-refractivity contribution in [2.75, 3.05) is 54.5 Å². The average molecular weight is 556 g/mol. The van der Waals surface area contributed by atoms with Crippen LogP contribution in [0, 0.1) is 17.6 Å². The second-order valence-electron chi connectivity index (χ2n) is 10.2. The number of halogens is 3. The molecule has 5 rings (SSSR count). The van der Waals surface area contributed by atoms with Crippen molar-refractivity contribution in [2.24, 2.45) is 5.92 Å². The van der Waals surface area contributed by atoms with Crippen molar-refractivity contribution in [3.05, 3.63) is 53.4 Å². The van der Waals surface area contributed by atoms with Crippen molar-refractivity contribution in [3.8, 4) is 11.1 Å². The molecule has 2 fully saturated rings. The maximum absolute atomic E-state index is 16.3. The molecule has 1 amide bonds. The molecule has 2 heterocycles. The fourth-order valence-electron chi connectivity index (χ4n) is 5.21. The Balaban J connectivity index is 1.48. The number of aromatic nitrogens is 2. The summed E-state index contributed by atoms with van der Waals surface area (Å²) in [6.45, 7) is 2.69. The summed E-state index contributed by atoms with van der Waals surface area (Å²) >= 11 is 6.06. The highest BCUT2D eigenvalue weighted by molar-refractivity contribution is 6.32. The molecule has 1 saturated carbocycles. The number of benzene rings is 2. The first-order valence-electron chi connectivity index (χ1n) is 13.2. The zero-order valence-corrected chi connectivity index (χ0v) is 22.6. The number of nitrogens with two attached hydrogens (primary N) is 1. The van der Waals surface area contributed by atoms with E-state index in [1.807, 2.05) is 11.9 Å². The zero-order chi connectivity index (χ0) is 27.5. The van der Waals surface area contributed by atoms with Gasteiger partial charge < -0.3 is 26.2 Å². The van der Waals surface area contributed by atoms with E-state index in [2.05, 4.69) is 25.5 Å². The first-order chi connectivity index (χ1) is 18.8. The van der Waals surface area contributed by atoms with Crippen molar-refractivity contribution in [1.29, 1.82) is 0 Å². The Morgan fingerprint density at radius 1 is 1.05 bits per heavy atom. The van der Waals surface area contributed by atoms with Crippen LogP contribution in [-0.4, -0.2) is 54.0 Å². The lowest BCUT2D eigenvalue weighted by Crippen LogP contribution is -2.44. The van der Waals surface area contributed by atoms with Gasteiger partial charge in [-0.2, -0.15) is 0 Å². The molecule has 1 saturated heterocycles. The van der Waals surface area contributed by atoms with Gasteiger partial charge in [-0.15, -0.1) is 0 Å². The van der Waals surface area contributed by atoms with Gasteiger partial charge in [-0.1, -0.05) is 43.0 Å². The SMILES string of the molecule is CN1CCN(c2cc(F)c(-c3ccc(NC(=O)C4CCCCC4)cc3)c(F)c2Nc2ncnc(Cl)c2N)CC1. The van der Waals surface area contributed by atoms with Gasteiger partial charge in [0, 0.05) is 43.9 Å². The molecule has 8 nitrogen and oxygen atoms in total. The van der Waals surface area contributed by atoms with E-state index in [9.17, 15) is 4.79 Å². The van der Waals surface area contributed by atoms with Gasteiger partial charge >= 0.3 is 0 Å². The van der Waals surface area contributed by atoms with E-state index >= 15 is 8.78 Å². The van der Waals surface area contributed by atoms with Crippen LogP contribution in [0.25, 0.3) is 11.1 Å². The molecule has 2 aromatic carbocycles. The number of anilines is 5. The Morgan fingerprint density at radius 3 is 2.44 bits per heavy atom. The normalized spacial score (nSPS) is 16.8. The van der Waals surface area contributed by atoms with E-state index < -0.39 is 11.6 Å². The molecule has 0 spiro atoms. The Morgan fingerprint density at radius 2 is 1.74 bits per heavy atom. The average Bonchev–Trinajstić information content (AvgIpc) is 2.94. The van der Waals surface area contributed by atoms with Gasteiger partial charge in [-0.25, -0.2) is 18.7 Å². The molecule has 0 unspecified atom stereocenters. The summed E-state index contributed by atoms with van der Waals surface area (Å²) in [5.74, 6) is -1.35. The molecule has 1 aliphatic carbocycles. The van der Waals surface area contributed by atoms with Gasteiger partial charge in [-0.05, 0) is 37.6 Å². The first-order valence-corrected chi connectivity index (χ1v) is 13.6. The smallest absolute Gasteiger partial charge is 0.227 e. The van der Waals surface area contributed by atoms with Gasteiger partial charge in [0.15, 0.2) is 16.8 Å². The fourth-order valence-corrected chi connectivity index (χ4v) is 5.34. The zero-order valence-electron chi connectivity index (χ0n) is 21.8. The molecule has 0 atom stereocenters. The van der Waals surface area contributed by atoms with Crippen molar-refractivity contribution in [2.45, 2.75) is 32.1 Å². The van der Waals surface area contributed by atoms with Crippen LogP contribution in [0.15, 0.2) is 36.7 Å². The number of piperazine rings is 1. The van der Waals surface area contributed by atoms with E-state index in [1.54, 1.807) is 24.3 Å². The minimum absolute atomic E-state index is 0.00630. The summed E-state index contributed by atoms with van der Waals surface area (Å²) in [7, 11) is 2.01. The predicted octanol–water partition coefficient (Wildman–Crippen LogP) is 5.67. The van der Waals surface area contributed by atoms with E-state index in [0.717, 1.165) is 45.2 Å². The summed E-state index contributed by atoms with van der Waals surface area (Å²) in [5, 5.41) is 5.93. The van der Waals surface area contributed by atoms with Crippen LogP contribution in [0.2, 0.25) is 5.15 Å². The molecule has 3 aromatic rings. The molecular weight excluding hydrogens is 524 g/mol. The van der Waals surface area contributed by atoms with E-state index in [0.29, 0.717) is 30.0 Å². The number of nitrogens with one attached hydrogen (secondary N) is 2. The number of amides is 1. The van der Waals surface area contributed by atoms with Gasteiger partial charge in [0.05, 0.1) is 11.3 Å². The highest BCUT2D eigenvalue weighted by Crippen LogP contribution is 2.41. The number of hydrogen-bond acceptors (Lipinski definition) is 7. The standard InChI is InChI=1S/C28H32ClF2N7O/c1-37-11-13-38(14-12-37)21-15-20(30)22(23(31)25(21)36-27-24(32)26(29)33-16-34-27)17-7-9-19(10-8-17)35-28(39)18-5-3-2-4-6-18/h7-10,15-16,18H,2-6,11-14,32H2,1H3,(H,35,39)(H,33,34,36). The van der Waals surface area contributed by atoms with Crippen LogP contribution >= 0.6 is 11.6 Å². The quantitative estimate of drug-likeness (QED) is 0.337. The number of hydrogen-bond donors (Lipinski definition) is 3. The molecule has 0 radical (unpaired) electrons. The highest BCUT2D eigenvalue weighted by atomic mass is 35.5. The van der Waals surface area contributed by atoms with Gasteiger partial charge in [0.1, 0.15) is 23.5 Å². The van der Waals surface area contributed by atoms with Crippen molar-refractivity contribution in [1.82, 2.24) is 14.9 Å². The number of nitrogen functional groups attached to an aromatic ring is 1. The van der Waals surface area contributed by atoms with Crippen molar-refractivity contribution >= 4 is 46.1 Å². The number of nitrogens with zero attached hydrogens (tertiary/aromatic N) is 4. The topological polar surface area (TPSA) is 99.4 Å². The maximum Gasteiger partial charge on any atom is 0.227 e. The third-order valence-corrected chi connectivity index (χ3v) is 7.84. The van der Waals surface area contributed by atoms with Crippen LogP contribution in [0.3, 0.4) is 0 Å². The molecule has 0 bridgehead atoms. The Bertz CT molecular complexity index is 1340. The van der Waals surface area contributed by atoms with E-state index in [-0.39, 0.29) is 39.7 Å². The molecule has 206 valence electrons. The van der Waals surface area contributed by atoms with E-state index in [4.69, 9.17) is 17.3 Å². The predicted molar refractivity (Wildman–Crippen MR) is 151 cm³/mol. The largest absolute Gasteiger partial charge is 0.393 e. The Hall–Kier alpha value is -3.50. The summed E-state index contributed by atoms with van der Waals surface area (Å²) in [6.07, 6.45) is 6.28. The second kappa shape index (κ2) is 11.7. The monoisotopic (exact) mass is 555 g/mol. The molecule has 1 aromatic heterocycles. The highest BCUT2D eigenvalue weighted by Gasteiger charge is 2.26. The van der Waals surface area contributed by atoms with Crippen molar-refractivity contribution in [3.63, 3.8) is 0 Å².